The molecule has 28 heavy (non-hydrogen) atoms. The number of piperazine rings is 1. The van der Waals surface area contributed by atoms with Gasteiger partial charge in [-0.2, -0.15) is 0 Å². The first kappa shape index (κ1) is 19.2. The van der Waals surface area contributed by atoms with Crippen LogP contribution in [-0.2, 0) is 11.3 Å². The van der Waals surface area contributed by atoms with E-state index in [1.165, 1.54) is 32.1 Å². The highest BCUT2D eigenvalue weighted by Crippen LogP contribution is 2.23. The minimum absolute atomic E-state index is 0.0157. The van der Waals surface area contributed by atoms with Gasteiger partial charge in [-0.1, -0.05) is 49.6 Å². The van der Waals surface area contributed by atoms with Gasteiger partial charge in [0.2, 0.25) is 5.91 Å². The summed E-state index contributed by atoms with van der Waals surface area (Å²) in [6.07, 6.45) is 6.70. The molecule has 3 aliphatic rings. The van der Waals surface area contributed by atoms with Crippen molar-refractivity contribution in [1.82, 2.24) is 19.6 Å². The van der Waals surface area contributed by atoms with Gasteiger partial charge in [0.15, 0.2) is 0 Å². The van der Waals surface area contributed by atoms with E-state index in [-0.39, 0.29) is 18.5 Å². The Morgan fingerprint density at radius 2 is 1.54 bits per heavy atom. The van der Waals surface area contributed by atoms with Crippen molar-refractivity contribution in [3.63, 3.8) is 0 Å². The van der Waals surface area contributed by atoms with Gasteiger partial charge in [0.05, 0.1) is 0 Å². The fourth-order valence-electron chi connectivity index (χ4n) is 4.78. The average molecular weight is 385 g/mol. The van der Waals surface area contributed by atoms with Gasteiger partial charge in [-0.25, -0.2) is 4.79 Å². The minimum Gasteiger partial charge on any atom is -0.339 e. The van der Waals surface area contributed by atoms with Crippen molar-refractivity contribution >= 4 is 11.9 Å². The van der Waals surface area contributed by atoms with Crippen LogP contribution in [0.4, 0.5) is 4.79 Å². The molecule has 2 saturated heterocycles. The Kier molecular flexibility index (Phi) is 6.15. The Balaban J connectivity index is 1.23. The van der Waals surface area contributed by atoms with Gasteiger partial charge >= 0.3 is 6.03 Å². The minimum atomic E-state index is -0.0157. The second-order valence-electron chi connectivity index (χ2n) is 8.32. The molecule has 1 aliphatic carbocycles. The number of carbonyl (C=O) groups excluding carboxylic acids is 2. The maximum Gasteiger partial charge on any atom is 0.320 e. The molecule has 6 nitrogen and oxygen atoms in total. The van der Waals surface area contributed by atoms with E-state index in [2.05, 4.69) is 4.90 Å². The zero-order valence-electron chi connectivity index (χ0n) is 16.8. The fourth-order valence-corrected chi connectivity index (χ4v) is 4.78. The van der Waals surface area contributed by atoms with Crippen LogP contribution in [0.5, 0.6) is 0 Å². The molecule has 0 spiro atoms. The van der Waals surface area contributed by atoms with Crippen LogP contribution in [0.3, 0.4) is 0 Å². The third kappa shape index (κ3) is 4.49. The Morgan fingerprint density at radius 1 is 0.857 bits per heavy atom. The topological polar surface area (TPSA) is 47.1 Å². The highest BCUT2D eigenvalue weighted by molar-refractivity contribution is 5.85. The van der Waals surface area contributed by atoms with Crippen LogP contribution in [0.1, 0.15) is 37.7 Å². The highest BCUT2D eigenvalue weighted by Gasteiger charge is 2.32. The monoisotopic (exact) mass is 384 g/mol. The first-order valence-electron chi connectivity index (χ1n) is 10.8. The van der Waals surface area contributed by atoms with Crippen LogP contribution < -0.4 is 0 Å². The van der Waals surface area contributed by atoms with Crippen molar-refractivity contribution in [1.29, 1.82) is 0 Å². The molecule has 0 unspecified atom stereocenters. The first-order chi connectivity index (χ1) is 13.7. The summed E-state index contributed by atoms with van der Waals surface area (Å²) >= 11 is 0. The van der Waals surface area contributed by atoms with Crippen LogP contribution in [0, 0.1) is 0 Å². The number of hydrogen-bond donors (Lipinski definition) is 0. The summed E-state index contributed by atoms with van der Waals surface area (Å²) in [7, 11) is 0. The molecule has 0 atom stereocenters. The second-order valence-corrected chi connectivity index (χ2v) is 8.32. The first-order valence-corrected chi connectivity index (χ1v) is 10.8. The van der Waals surface area contributed by atoms with Crippen molar-refractivity contribution in [3.05, 3.63) is 35.9 Å². The molecular weight excluding hydrogens is 352 g/mol. The molecule has 2 aliphatic heterocycles. The SMILES string of the molecule is O=C(CN1CCN(Cc2ccccc2)C1=O)N1CCN(C2CCCCC2)CC1. The van der Waals surface area contributed by atoms with E-state index >= 15 is 0 Å². The number of hydrogen-bond acceptors (Lipinski definition) is 3. The summed E-state index contributed by atoms with van der Waals surface area (Å²) in [5.41, 5.74) is 1.13. The Hall–Kier alpha value is -2.08. The number of benzene rings is 1. The number of urea groups is 1. The third-order valence-corrected chi connectivity index (χ3v) is 6.48. The van der Waals surface area contributed by atoms with Crippen molar-refractivity contribution < 1.29 is 9.59 Å². The van der Waals surface area contributed by atoms with Gasteiger partial charge in [-0.15, -0.1) is 0 Å². The number of nitrogens with zero attached hydrogens (tertiary/aromatic N) is 4. The van der Waals surface area contributed by atoms with Crippen molar-refractivity contribution in [2.75, 3.05) is 45.8 Å². The van der Waals surface area contributed by atoms with E-state index in [9.17, 15) is 9.59 Å². The lowest BCUT2D eigenvalue weighted by Crippen LogP contribution is -2.54. The van der Waals surface area contributed by atoms with Crippen molar-refractivity contribution in [2.45, 2.75) is 44.7 Å². The Labute approximate surface area is 168 Å². The van der Waals surface area contributed by atoms with E-state index in [0.29, 0.717) is 19.6 Å². The lowest BCUT2D eigenvalue weighted by molar-refractivity contribution is -0.133. The summed E-state index contributed by atoms with van der Waals surface area (Å²) in [4.78, 5) is 33.5. The summed E-state index contributed by atoms with van der Waals surface area (Å²) in [5, 5.41) is 0. The predicted octanol–water partition coefficient (Wildman–Crippen LogP) is 2.40. The second kappa shape index (κ2) is 8.95. The Morgan fingerprint density at radius 3 is 2.25 bits per heavy atom. The van der Waals surface area contributed by atoms with Crippen LogP contribution in [0.15, 0.2) is 30.3 Å². The lowest BCUT2D eigenvalue weighted by Gasteiger charge is -2.41. The molecule has 0 N–H and O–H groups in total. The summed E-state index contributed by atoms with van der Waals surface area (Å²) in [6.45, 7) is 5.71. The number of amides is 3. The fraction of sp³-hybridized carbons (Fsp3) is 0.636. The lowest BCUT2D eigenvalue weighted by atomic mass is 9.94. The smallest absolute Gasteiger partial charge is 0.320 e. The van der Waals surface area contributed by atoms with Crippen molar-refractivity contribution in [3.8, 4) is 0 Å². The quantitative estimate of drug-likeness (QED) is 0.783. The highest BCUT2D eigenvalue weighted by atomic mass is 16.2. The molecule has 152 valence electrons. The molecule has 2 heterocycles. The summed E-state index contributed by atoms with van der Waals surface area (Å²) < 4.78 is 0. The number of rotatable bonds is 5. The Bertz CT molecular complexity index is 666. The van der Waals surface area contributed by atoms with E-state index in [1.807, 2.05) is 40.1 Å². The van der Waals surface area contributed by atoms with E-state index in [4.69, 9.17) is 0 Å². The summed E-state index contributed by atoms with van der Waals surface area (Å²) in [5.74, 6) is 0.0956. The van der Waals surface area contributed by atoms with E-state index in [0.717, 1.165) is 37.8 Å². The van der Waals surface area contributed by atoms with E-state index < -0.39 is 0 Å². The van der Waals surface area contributed by atoms with Gasteiger partial charge < -0.3 is 14.7 Å². The predicted molar refractivity (Wildman–Crippen MR) is 109 cm³/mol. The van der Waals surface area contributed by atoms with Crippen LogP contribution in [0.25, 0.3) is 0 Å². The molecule has 3 fully saturated rings. The standard InChI is InChI=1S/C22H32N4O2/c27-21(24-13-11-23(12-14-24)20-9-5-2-6-10-20)18-26-16-15-25(22(26)28)17-19-7-3-1-4-8-19/h1,3-4,7-8,20H,2,5-6,9-18H2. The maximum atomic E-state index is 12.7. The molecule has 4 rings (SSSR count). The van der Waals surface area contributed by atoms with Gasteiger partial charge in [0.25, 0.3) is 0 Å². The van der Waals surface area contributed by atoms with Gasteiger partial charge in [0, 0.05) is 51.9 Å². The molecule has 0 bridgehead atoms. The zero-order valence-corrected chi connectivity index (χ0v) is 16.8. The zero-order chi connectivity index (χ0) is 19.3. The molecule has 1 aromatic rings. The molecule has 1 aromatic carbocycles. The third-order valence-electron chi connectivity index (χ3n) is 6.48. The maximum absolute atomic E-state index is 12.7. The van der Waals surface area contributed by atoms with Crippen LogP contribution in [0.2, 0.25) is 0 Å². The van der Waals surface area contributed by atoms with Gasteiger partial charge in [0.1, 0.15) is 6.54 Å². The van der Waals surface area contributed by atoms with Crippen LogP contribution in [-0.4, -0.2) is 83.4 Å². The largest absolute Gasteiger partial charge is 0.339 e. The molecular formula is C22H32N4O2. The summed E-state index contributed by atoms with van der Waals surface area (Å²) in [6, 6.07) is 10.7. The molecule has 3 amide bonds. The van der Waals surface area contributed by atoms with Crippen LogP contribution >= 0.6 is 0 Å². The van der Waals surface area contributed by atoms with Crippen molar-refractivity contribution in [2.24, 2.45) is 0 Å². The van der Waals surface area contributed by atoms with E-state index in [1.54, 1.807) is 4.90 Å². The van der Waals surface area contributed by atoms with Gasteiger partial charge in [-0.3, -0.25) is 9.69 Å². The normalized spacial score (nSPS) is 22.1. The molecule has 6 heteroatoms. The molecule has 0 radical (unpaired) electrons. The molecule has 1 saturated carbocycles. The molecule has 0 aromatic heterocycles. The van der Waals surface area contributed by atoms with Gasteiger partial charge in [-0.05, 0) is 18.4 Å². The number of carbonyl (C=O) groups is 2. The average Bonchev–Trinajstić information content (AvgIpc) is 3.09.